The number of furan rings is 1. The lowest BCUT2D eigenvalue weighted by Crippen LogP contribution is -2.31. The highest BCUT2D eigenvalue weighted by atomic mass is 32.2. The van der Waals surface area contributed by atoms with Gasteiger partial charge in [0.2, 0.25) is 11.8 Å². The number of nitriles is 1. The lowest BCUT2D eigenvalue weighted by atomic mass is 9.92. The van der Waals surface area contributed by atoms with E-state index in [4.69, 9.17) is 4.42 Å². The molecule has 2 amide bonds. The van der Waals surface area contributed by atoms with E-state index < -0.39 is 5.92 Å². The highest BCUT2D eigenvalue weighted by Crippen LogP contribution is 2.36. The zero-order chi connectivity index (χ0) is 20.3. The molecule has 0 saturated heterocycles. The van der Waals surface area contributed by atoms with Gasteiger partial charge in [0.1, 0.15) is 5.76 Å². The molecule has 2 N–H and O–H groups in total. The van der Waals surface area contributed by atoms with Crippen LogP contribution in [0.1, 0.15) is 34.8 Å². The van der Waals surface area contributed by atoms with E-state index in [1.807, 2.05) is 32.9 Å². The molecule has 0 saturated carbocycles. The van der Waals surface area contributed by atoms with Crippen molar-refractivity contribution in [2.75, 3.05) is 11.1 Å². The zero-order valence-corrected chi connectivity index (χ0v) is 16.8. The second-order valence-electron chi connectivity index (χ2n) is 6.79. The van der Waals surface area contributed by atoms with E-state index in [9.17, 15) is 14.9 Å². The van der Waals surface area contributed by atoms with Crippen molar-refractivity contribution in [2.45, 2.75) is 33.1 Å². The Labute approximate surface area is 168 Å². The van der Waals surface area contributed by atoms with Crippen LogP contribution in [0.4, 0.5) is 5.69 Å². The van der Waals surface area contributed by atoms with E-state index in [2.05, 4.69) is 16.7 Å². The molecule has 3 rings (SSSR count). The standard InChI is InChI=1S/C21H21N3O3S/c1-12-7-13(2)20(14(3)8-12)23-19(26)11-28-21-16(10-22)15(9-18(25)24-21)17-5-4-6-27-17/h4-8,15H,9,11H2,1-3H3,(H,23,26)(H,24,25). The predicted molar refractivity (Wildman–Crippen MR) is 109 cm³/mol. The number of anilines is 1. The van der Waals surface area contributed by atoms with Gasteiger partial charge in [-0.1, -0.05) is 29.5 Å². The Hall–Kier alpha value is -2.98. The summed E-state index contributed by atoms with van der Waals surface area (Å²) in [6.07, 6.45) is 1.66. The molecule has 1 aliphatic rings. The Kier molecular flexibility index (Phi) is 5.90. The van der Waals surface area contributed by atoms with Gasteiger partial charge in [-0.3, -0.25) is 9.59 Å². The van der Waals surface area contributed by atoms with Gasteiger partial charge in [0.15, 0.2) is 0 Å². The van der Waals surface area contributed by atoms with Gasteiger partial charge in [0.05, 0.1) is 34.6 Å². The molecule has 0 aliphatic carbocycles. The van der Waals surface area contributed by atoms with Gasteiger partial charge >= 0.3 is 0 Å². The minimum atomic E-state index is -0.430. The quantitative estimate of drug-likeness (QED) is 0.800. The van der Waals surface area contributed by atoms with Crippen LogP contribution in [0.3, 0.4) is 0 Å². The highest BCUT2D eigenvalue weighted by molar-refractivity contribution is 8.03. The number of hydrogen-bond donors (Lipinski definition) is 2. The largest absolute Gasteiger partial charge is 0.469 e. The van der Waals surface area contributed by atoms with Crippen LogP contribution in [0.5, 0.6) is 0 Å². The van der Waals surface area contributed by atoms with E-state index in [0.29, 0.717) is 16.4 Å². The van der Waals surface area contributed by atoms with Gasteiger partial charge in [0, 0.05) is 12.1 Å². The first-order valence-corrected chi connectivity index (χ1v) is 9.85. The summed E-state index contributed by atoms with van der Waals surface area (Å²) in [6, 6.07) is 9.67. The molecular formula is C21H21N3O3S. The third-order valence-corrected chi connectivity index (χ3v) is 5.55. The summed E-state index contributed by atoms with van der Waals surface area (Å²) < 4.78 is 5.39. The maximum Gasteiger partial charge on any atom is 0.234 e. The van der Waals surface area contributed by atoms with Crippen molar-refractivity contribution >= 4 is 29.3 Å². The lowest BCUT2D eigenvalue weighted by Gasteiger charge is -2.23. The van der Waals surface area contributed by atoms with Crippen LogP contribution >= 0.6 is 11.8 Å². The molecule has 1 aromatic heterocycles. The molecule has 1 unspecified atom stereocenters. The summed E-state index contributed by atoms with van der Waals surface area (Å²) in [6.45, 7) is 5.92. The predicted octanol–water partition coefficient (Wildman–Crippen LogP) is 3.92. The zero-order valence-electron chi connectivity index (χ0n) is 16.0. The summed E-state index contributed by atoms with van der Waals surface area (Å²) in [5.74, 6) is -0.174. The lowest BCUT2D eigenvalue weighted by molar-refractivity contribution is -0.121. The van der Waals surface area contributed by atoms with Gasteiger partial charge < -0.3 is 15.1 Å². The van der Waals surface area contributed by atoms with Crippen molar-refractivity contribution in [3.05, 3.63) is 63.6 Å². The summed E-state index contributed by atoms with van der Waals surface area (Å²) in [7, 11) is 0. The number of allylic oxidation sites excluding steroid dienone is 1. The SMILES string of the molecule is Cc1cc(C)c(NC(=O)CSC2=C(C#N)C(c3ccco3)CC(=O)N2)c(C)c1. The Morgan fingerprint density at radius 2 is 2.07 bits per heavy atom. The molecular weight excluding hydrogens is 374 g/mol. The fourth-order valence-electron chi connectivity index (χ4n) is 3.36. The Bertz CT molecular complexity index is 964. The molecule has 2 aromatic rings. The van der Waals surface area contributed by atoms with E-state index in [1.54, 1.807) is 12.1 Å². The Morgan fingerprint density at radius 1 is 1.36 bits per heavy atom. The molecule has 144 valence electrons. The first-order valence-electron chi connectivity index (χ1n) is 8.87. The number of carbonyl (C=O) groups excluding carboxylic acids is 2. The molecule has 1 aliphatic heterocycles. The van der Waals surface area contributed by atoms with Crippen molar-refractivity contribution in [1.29, 1.82) is 5.26 Å². The smallest absolute Gasteiger partial charge is 0.234 e. The number of thioether (sulfide) groups is 1. The Balaban J connectivity index is 1.74. The number of carbonyl (C=O) groups is 2. The fourth-order valence-corrected chi connectivity index (χ4v) is 4.23. The van der Waals surface area contributed by atoms with Crippen molar-refractivity contribution in [3.63, 3.8) is 0 Å². The minimum absolute atomic E-state index is 0.0818. The Morgan fingerprint density at radius 3 is 2.68 bits per heavy atom. The van der Waals surface area contributed by atoms with Crippen molar-refractivity contribution in [1.82, 2.24) is 5.32 Å². The molecule has 6 nitrogen and oxygen atoms in total. The maximum absolute atomic E-state index is 12.5. The summed E-state index contributed by atoms with van der Waals surface area (Å²) in [5, 5.41) is 15.7. The third kappa shape index (κ3) is 4.29. The van der Waals surface area contributed by atoms with E-state index in [0.717, 1.165) is 34.1 Å². The normalized spacial score (nSPS) is 16.5. The number of benzene rings is 1. The molecule has 7 heteroatoms. The number of nitrogens with one attached hydrogen (secondary N) is 2. The summed E-state index contributed by atoms with van der Waals surface area (Å²) in [5.41, 5.74) is 4.34. The first-order chi connectivity index (χ1) is 13.4. The first kappa shape index (κ1) is 19.8. The van der Waals surface area contributed by atoms with E-state index in [1.165, 1.54) is 6.26 Å². The topological polar surface area (TPSA) is 95.1 Å². The van der Waals surface area contributed by atoms with Gasteiger partial charge in [-0.05, 0) is 44.0 Å². The summed E-state index contributed by atoms with van der Waals surface area (Å²) >= 11 is 1.15. The van der Waals surface area contributed by atoms with Crippen molar-refractivity contribution in [3.8, 4) is 6.07 Å². The molecule has 0 radical (unpaired) electrons. The van der Waals surface area contributed by atoms with Gasteiger partial charge in [0.25, 0.3) is 0 Å². The van der Waals surface area contributed by atoms with Crippen molar-refractivity contribution < 1.29 is 14.0 Å². The van der Waals surface area contributed by atoms with Crippen LogP contribution in [0.2, 0.25) is 0 Å². The third-order valence-electron chi connectivity index (χ3n) is 4.53. The average molecular weight is 395 g/mol. The van der Waals surface area contributed by atoms with Crippen LogP contribution < -0.4 is 10.6 Å². The second kappa shape index (κ2) is 8.36. The van der Waals surface area contributed by atoms with Crippen LogP contribution in [0.15, 0.2) is 45.5 Å². The molecule has 0 bridgehead atoms. The number of nitrogens with zero attached hydrogens (tertiary/aromatic N) is 1. The molecule has 0 fully saturated rings. The van der Waals surface area contributed by atoms with Gasteiger partial charge in [-0.2, -0.15) is 5.26 Å². The molecule has 0 spiro atoms. The highest BCUT2D eigenvalue weighted by Gasteiger charge is 2.31. The number of aryl methyl sites for hydroxylation is 3. The van der Waals surface area contributed by atoms with Gasteiger partial charge in [-0.25, -0.2) is 0 Å². The van der Waals surface area contributed by atoms with Crippen LogP contribution in [-0.2, 0) is 9.59 Å². The monoisotopic (exact) mass is 395 g/mol. The minimum Gasteiger partial charge on any atom is -0.469 e. The van der Waals surface area contributed by atoms with E-state index in [-0.39, 0.29) is 24.0 Å². The van der Waals surface area contributed by atoms with Crippen LogP contribution in [0, 0.1) is 32.1 Å². The molecule has 2 heterocycles. The van der Waals surface area contributed by atoms with Crippen LogP contribution in [-0.4, -0.2) is 17.6 Å². The molecule has 1 atom stereocenters. The summed E-state index contributed by atoms with van der Waals surface area (Å²) in [4.78, 5) is 24.5. The molecule has 28 heavy (non-hydrogen) atoms. The van der Waals surface area contributed by atoms with Crippen LogP contribution in [0.25, 0.3) is 0 Å². The van der Waals surface area contributed by atoms with Crippen molar-refractivity contribution in [2.24, 2.45) is 0 Å². The van der Waals surface area contributed by atoms with E-state index >= 15 is 0 Å². The average Bonchev–Trinajstić information content (AvgIpc) is 3.17. The number of rotatable bonds is 5. The fraction of sp³-hybridized carbons (Fsp3) is 0.286. The number of hydrogen-bond acceptors (Lipinski definition) is 5. The van der Waals surface area contributed by atoms with Gasteiger partial charge in [-0.15, -0.1) is 0 Å². The second-order valence-corrected chi connectivity index (χ2v) is 7.77. The molecule has 1 aromatic carbocycles. The number of amides is 2. The maximum atomic E-state index is 12.5.